The van der Waals surface area contributed by atoms with Crippen molar-refractivity contribution < 1.29 is 19.1 Å². The summed E-state index contributed by atoms with van der Waals surface area (Å²) < 4.78 is 10.1. The molecule has 1 fully saturated rings. The summed E-state index contributed by atoms with van der Waals surface area (Å²) >= 11 is 8.63. The van der Waals surface area contributed by atoms with Gasteiger partial charge in [0.2, 0.25) is 0 Å². The van der Waals surface area contributed by atoms with Gasteiger partial charge in [-0.05, 0) is 18.3 Å². The average Bonchev–Trinajstić information content (AvgIpc) is 3.10. The maximum absolute atomic E-state index is 11.4. The number of hydrogen-bond donors (Lipinski definition) is 0. The summed E-state index contributed by atoms with van der Waals surface area (Å²) in [7, 11) is 2.70. The highest BCUT2D eigenvalue weighted by Gasteiger charge is 2.44. The average molecular weight is 336 g/mol. The molecule has 5 nitrogen and oxygen atoms in total. The molecule has 20 heavy (non-hydrogen) atoms. The lowest BCUT2D eigenvalue weighted by Gasteiger charge is -2.11. The van der Waals surface area contributed by atoms with Crippen molar-refractivity contribution in [1.82, 2.24) is 4.98 Å². The number of nitrogens with zero attached hydrogens (tertiary/aromatic N) is 1. The lowest BCUT2D eigenvalue weighted by Crippen LogP contribution is -2.12. The van der Waals surface area contributed by atoms with E-state index >= 15 is 0 Å². The van der Waals surface area contributed by atoms with Crippen LogP contribution in [0.15, 0.2) is 4.34 Å². The van der Waals surface area contributed by atoms with Crippen molar-refractivity contribution in [2.45, 2.75) is 23.6 Å². The standard InChI is InChI=1S/C12H14ClNO4S2/c1-17-7(15)5-12(3-4-12)6-19-11-14-9(13)8(20-11)10(16)18-2/h3-6H2,1-2H3. The van der Waals surface area contributed by atoms with Gasteiger partial charge in [-0.15, -0.1) is 0 Å². The van der Waals surface area contributed by atoms with Gasteiger partial charge in [0.25, 0.3) is 0 Å². The zero-order valence-electron chi connectivity index (χ0n) is 11.1. The van der Waals surface area contributed by atoms with E-state index in [0.29, 0.717) is 15.6 Å². The molecule has 0 radical (unpaired) electrons. The lowest BCUT2D eigenvalue weighted by atomic mass is 10.1. The zero-order chi connectivity index (χ0) is 14.8. The van der Waals surface area contributed by atoms with Gasteiger partial charge in [0, 0.05) is 5.75 Å². The highest BCUT2D eigenvalue weighted by molar-refractivity contribution is 8.01. The number of thiazole rings is 1. The third-order valence-electron chi connectivity index (χ3n) is 3.14. The lowest BCUT2D eigenvalue weighted by molar-refractivity contribution is -0.141. The van der Waals surface area contributed by atoms with Crippen LogP contribution in [0.1, 0.15) is 28.9 Å². The highest BCUT2D eigenvalue weighted by atomic mass is 35.5. The highest BCUT2D eigenvalue weighted by Crippen LogP contribution is 2.52. The van der Waals surface area contributed by atoms with E-state index in [1.54, 1.807) is 0 Å². The second kappa shape index (κ2) is 6.32. The fourth-order valence-electron chi connectivity index (χ4n) is 1.71. The molecular weight excluding hydrogens is 322 g/mol. The minimum atomic E-state index is -0.477. The molecule has 0 amide bonds. The van der Waals surface area contributed by atoms with Crippen molar-refractivity contribution >= 4 is 46.6 Å². The molecule has 1 aliphatic carbocycles. The second-order valence-corrected chi connectivity index (χ2v) is 7.21. The SMILES string of the molecule is COC(=O)CC1(CSc2nc(Cl)c(C(=O)OC)s2)CC1. The Morgan fingerprint density at radius 2 is 2.10 bits per heavy atom. The zero-order valence-corrected chi connectivity index (χ0v) is 13.5. The van der Waals surface area contributed by atoms with Crippen LogP contribution >= 0.6 is 34.7 Å². The van der Waals surface area contributed by atoms with Gasteiger partial charge in [0.05, 0.1) is 20.6 Å². The molecule has 2 rings (SSSR count). The van der Waals surface area contributed by atoms with Crippen molar-refractivity contribution in [3.63, 3.8) is 0 Å². The number of esters is 2. The Bertz CT molecular complexity index is 528. The van der Waals surface area contributed by atoms with Crippen LogP contribution in [0.5, 0.6) is 0 Å². The number of rotatable bonds is 6. The molecule has 1 aromatic rings. The van der Waals surface area contributed by atoms with Crippen LogP contribution in [0.25, 0.3) is 0 Å². The maximum atomic E-state index is 11.4. The van der Waals surface area contributed by atoms with Crippen molar-refractivity contribution in [2.24, 2.45) is 5.41 Å². The first-order valence-corrected chi connectivity index (χ1v) is 8.12. The topological polar surface area (TPSA) is 65.5 Å². The molecule has 8 heteroatoms. The first-order chi connectivity index (χ1) is 9.49. The Balaban J connectivity index is 1.95. The van der Waals surface area contributed by atoms with E-state index in [9.17, 15) is 9.59 Å². The third kappa shape index (κ3) is 3.65. The molecule has 0 aromatic carbocycles. The van der Waals surface area contributed by atoms with Crippen molar-refractivity contribution in [3.05, 3.63) is 10.0 Å². The Morgan fingerprint density at radius 1 is 1.40 bits per heavy atom. The van der Waals surface area contributed by atoms with Crippen LogP contribution in [-0.2, 0) is 14.3 Å². The fraction of sp³-hybridized carbons (Fsp3) is 0.583. The summed E-state index contributed by atoms with van der Waals surface area (Å²) in [5.74, 6) is 0.109. The normalized spacial score (nSPS) is 15.8. The van der Waals surface area contributed by atoms with Crippen LogP contribution in [0.4, 0.5) is 0 Å². The molecule has 1 aliphatic rings. The molecule has 0 aliphatic heterocycles. The number of aromatic nitrogens is 1. The van der Waals surface area contributed by atoms with Gasteiger partial charge in [-0.1, -0.05) is 34.7 Å². The van der Waals surface area contributed by atoms with Crippen LogP contribution in [0.2, 0.25) is 5.15 Å². The number of ether oxygens (including phenoxy) is 2. The smallest absolute Gasteiger partial charge is 0.351 e. The minimum absolute atomic E-state index is 0.0152. The van der Waals surface area contributed by atoms with Crippen molar-refractivity contribution in [2.75, 3.05) is 20.0 Å². The first kappa shape index (κ1) is 15.6. The Labute approximate surface area is 130 Å². The summed E-state index contributed by atoms with van der Waals surface area (Å²) in [6, 6.07) is 0. The van der Waals surface area contributed by atoms with Gasteiger partial charge in [0.15, 0.2) is 14.4 Å². The fourth-order valence-corrected chi connectivity index (χ4v) is 4.33. The van der Waals surface area contributed by atoms with E-state index in [1.807, 2.05) is 0 Å². The van der Waals surface area contributed by atoms with E-state index in [0.717, 1.165) is 18.6 Å². The third-order valence-corrected chi connectivity index (χ3v) is 6.06. The number of thioether (sulfide) groups is 1. The summed E-state index contributed by atoms with van der Waals surface area (Å²) in [5, 5.41) is 0.169. The van der Waals surface area contributed by atoms with E-state index in [2.05, 4.69) is 9.72 Å². The predicted octanol–water partition coefficient (Wildman–Crippen LogP) is 3.02. The number of carbonyl (C=O) groups excluding carboxylic acids is 2. The first-order valence-electron chi connectivity index (χ1n) is 5.94. The molecular formula is C12H14ClNO4S2. The molecule has 0 bridgehead atoms. The second-order valence-electron chi connectivity index (χ2n) is 4.63. The Hall–Kier alpha value is -0.790. The van der Waals surface area contributed by atoms with Crippen LogP contribution in [0, 0.1) is 5.41 Å². The van der Waals surface area contributed by atoms with E-state index in [4.69, 9.17) is 16.3 Å². The van der Waals surface area contributed by atoms with Crippen LogP contribution < -0.4 is 0 Å². The van der Waals surface area contributed by atoms with Gasteiger partial charge < -0.3 is 9.47 Å². The molecule has 0 atom stereocenters. The van der Waals surface area contributed by atoms with E-state index in [-0.39, 0.29) is 16.5 Å². The molecule has 110 valence electrons. The molecule has 0 saturated heterocycles. The molecule has 1 heterocycles. The number of carbonyl (C=O) groups is 2. The van der Waals surface area contributed by atoms with Gasteiger partial charge in [-0.2, -0.15) is 0 Å². The summed E-state index contributed by atoms with van der Waals surface area (Å²) in [6.45, 7) is 0. The molecule has 0 unspecified atom stereocenters. The minimum Gasteiger partial charge on any atom is -0.469 e. The van der Waals surface area contributed by atoms with Crippen LogP contribution in [-0.4, -0.2) is 36.9 Å². The number of hydrogen-bond acceptors (Lipinski definition) is 7. The summed E-state index contributed by atoms with van der Waals surface area (Å²) in [6.07, 6.45) is 2.45. The number of methoxy groups -OCH3 is 2. The van der Waals surface area contributed by atoms with Gasteiger partial charge >= 0.3 is 11.9 Å². The van der Waals surface area contributed by atoms with E-state index in [1.165, 1.54) is 37.3 Å². The molecule has 0 spiro atoms. The monoisotopic (exact) mass is 335 g/mol. The number of halogens is 1. The predicted molar refractivity (Wildman–Crippen MR) is 77.5 cm³/mol. The Kier molecular flexibility index (Phi) is 4.93. The van der Waals surface area contributed by atoms with E-state index < -0.39 is 5.97 Å². The quantitative estimate of drug-likeness (QED) is 0.588. The van der Waals surface area contributed by atoms with Crippen molar-refractivity contribution in [1.29, 1.82) is 0 Å². The van der Waals surface area contributed by atoms with Gasteiger partial charge in [-0.25, -0.2) is 9.78 Å². The maximum Gasteiger partial charge on any atom is 0.351 e. The van der Waals surface area contributed by atoms with Crippen molar-refractivity contribution in [3.8, 4) is 0 Å². The Morgan fingerprint density at radius 3 is 2.65 bits per heavy atom. The van der Waals surface area contributed by atoms with Gasteiger partial charge in [0.1, 0.15) is 0 Å². The van der Waals surface area contributed by atoms with Gasteiger partial charge in [-0.3, -0.25) is 4.79 Å². The summed E-state index contributed by atoms with van der Waals surface area (Å²) in [5.41, 5.74) is 0.0152. The largest absolute Gasteiger partial charge is 0.469 e. The van der Waals surface area contributed by atoms with Crippen LogP contribution in [0.3, 0.4) is 0 Å². The molecule has 1 aromatic heterocycles. The molecule has 0 N–H and O–H groups in total. The summed E-state index contributed by atoms with van der Waals surface area (Å²) in [4.78, 5) is 27.2. The molecule has 1 saturated carbocycles.